The fourth-order valence-corrected chi connectivity index (χ4v) is 5.41. The third-order valence-electron chi connectivity index (χ3n) is 7.44. The summed E-state index contributed by atoms with van der Waals surface area (Å²) in [6.45, 7) is 8.08. The minimum absolute atomic E-state index is 0.256. The van der Waals surface area contributed by atoms with Gasteiger partial charge in [-0.2, -0.15) is 4.98 Å². The highest BCUT2D eigenvalue weighted by Gasteiger charge is 2.22. The molecule has 0 spiro atoms. The first kappa shape index (κ1) is 25.1. The molecule has 1 aliphatic rings. The van der Waals surface area contributed by atoms with Crippen LogP contribution in [-0.4, -0.2) is 55.8 Å². The van der Waals surface area contributed by atoms with Crippen LogP contribution in [0.25, 0.3) is 22.4 Å². The van der Waals surface area contributed by atoms with E-state index >= 15 is 0 Å². The van der Waals surface area contributed by atoms with Crippen molar-refractivity contribution in [2.75, 3.05) is 25.0 Å². The maximum Gasteiger partial charge on any atom is 0.254 e. The van der Waals surface area contributed by atoms with Crippen molar-refractivity contribution in [1.82, 2.24) is 24.1 Å². The molecule has 0 unspecified atom stereocenters. The Bertz CT molecular complexity index is 1640. The highest BCUT2D eigenvalue weighted by molar-refractivity contribution is 6.06. The number of aromatic nitrogens is 4. The minimum Gasteiger partial charge on any atom is -0.376 e. The van der Waals surface area contributed by atoms with Crippen molar-refractivity contribution >= 4 is 28.1 Å². The monoisotopic (exact) mass is 523 g/mol. The Kier molecular flexibility index (Phi) is 6.76. The third kappa shape index (κ3) is 4.86. The van der Waals surface area contributed by atoms with Crippen molar-refractivity contribution in [2.24, 2.45) is 5.73 Å². The molecule has 0 aliphatic carbocycles. The maximum absolute atomic E-state index is 12.1. The molecule has 9 nitrogen and oxygen atoms in total. The molecule has 1 saturated heterocycles. The Balaban J connectivity index is 1.46. The standard InChI is InChI=1S/C30H33N7O2/c1-3-23-19-35(14-15-39-23)18-22-12-13-27-29(32-17-21-8-5-4-6-9-21)33-30(34-37(22)27)36-20(2)16-25-24(28(31)38)10-7-11-26(25)36/h4-13,16,23H,3,14-15,17-19H2,1-2H3,(H2,31,38)(H,32,33,34)/t23-/m0/s1. The number of nitrogens with two attached hydrogens (primary N) is 1. The molecule has 1 fully saturated rings. The van der Waals surface area contributed by atoms with Crippen LogP contribution < -0.4 is 11.1 Å². The second-order valence-corrected chi connectivity index (χ2v) is 10.1. The number of carbonyl (C=O) groups is 1. The first-order chi connectivity index (χ1) is 19.0. The SMILES string of the molecule is CC[C@H]1CN(Cc2ccc3c(NCc4ccccc4)nc(-n4c(C)cc5c(C(N)=O)cccc54)nn23)CCO1. The molecule has 39 heavy (non-hydrogen) atoms. The lowest BCUT2D eigenvalue weighted by Gasteiger charge is -2.32. The predicted octanol–water partition coefficient (Wildman–Crippen LogP) is 4.30. The lowest BCUT2D eigenvalue weighted by Crippen LogP contribution is -2.41. The molecule has 3 N–H and O–H groups in total. The third-order valence-corrected chi connectivity index (χ3v) is 7.44. The zero-order chi connectivity index (χ0) is 26.9. The number of nitrogens with zero attached hydrogens (tertiary/aromatic N) is 5. The van der Waals surface area contributed by atoms with Crippen LogP contribution in [0, 0.1) is 6.92 Å². The second-order valence-electron chi connectivity index (χ2n) is 10.1. The van der Waals surface area contributed by atoms with E-state index in [1.165, 1.54) is 0 Å². The number of nitrogens with one attached hydrogen (secondary N) is 1. The largest absolute Gasteiger partial charge is 0.376 e. The second kappa shape index (κ2) is 10.5. The van der Waals surface area contributed by atoms with Crippen LogP contribution >= 0.6 is 0 Å². The molecule has 4 heterocycles. The average molecular weight is 524 g/mol. The van der Waals surface area contributed by atoms with Crippen LogP contribution in [0.15, 0.2) is 66.7 Å². The topological polar surface area (TPSA) is 103 Å². The normalized spacial score (nSPS) is 16.2. The van der Waals surface area contributed by atoms with Gasteiger partial charge >= 0.3 is 0 Å². The predicted molar refractivity (Wildman–Crippen MR) is 152 cm³/mol. The molecular formula is C30H33N7O2. The molecule has 5 aromatic rings. The lowest BCUT2D eigenvalue weighted by molar-refractivity contribution is -0.0329. The number of ether oxygens (including phenoxy) is 1. The summed E-state index contributed by atoms with van der Waals surface area (Å²) < 4.78 is 9.87. The number of hydrogen-bond donors (Lipinski definition) is 2. The van der Waals surface area contributed by atoms with Crippen LogP contribution in [0.1, 0.15) is 40.7 Å². The van der Waals surface area contributed by atoms with Crippen LogP contribution in [0.5, 0.6) is 0 Å². The van der Waals surface area contributed by atoms with Gasteiger partial charge in [-0.05, 0) is 49.2 Å². The van der Waals surface area contributed by atoms with Crippen LogP contribution in [0.2, 0.25) is 0 Å². The van der Waals surface area contributed by atoms with E-state index in [0.29, 0.717) is 18.1 Å². The number of fused-ring (bicyclic) bond motifs is 2. The number of morpholine rings is 1. The highest BCUT2D eigenvalue weighted by Crippen LogP contribution is 2.28. The molecule has 0 radical (unpaired) electrons. The number of carbonyl (C=O) groups excluding carboxylic acids is 1. The number of amides is 1. The van der Waals surface area contributed by atoms with Gasteiger partial charge in [0.15, 0.2) is 5.82 Å². The van der Waals surface area contributed by atoms with Gasteiger partial charge in [-0.3, -0.25) is 14.3 Å². The molecule has 1 aliphatic heterocycles. The summed E-state index contributed by atoms with van der Waals surface area (Å²) in [6.07, 6.45) is 1.25. The number of primary amides is 1. The van der Waals surface area contributed by atoms with Gasteiger partial charge in [0.1, 0.15) is 5.52 Å². The number of aryl methyl sites for hydroxylation is 1. The van der Waals surface area contributed by atoms with Crippen molar-refractivity contribution < 1.29 is 9.53 Å². The summed E-state index contributed by atoms with van der Waals surface area (Å²) in [5.74, 6) is 0.816. The smallest absolute Gasteiger partial charge is 0.254 e. The molecule has 0 bridgehead atoms. The average Bonchev–Trinajstić information content (AvgIpc) is 3.51. The van der Waals surface area contributed by atoms with Gasteiger partial charge in [0.05, 0.1) is 23.9 Å². The molecule has 2 aromatic carbocycles. The van der Waals surface area contributed by atoms with Gasteiger partial charge in [-0.25, -0.2) is 4.52 Å². The Labute approximate surface area is 227 Å². The first-order valence-corrected chi connectivity index (χ1v) is 13.4. The van der Waals surface area contributed by atoms with Gasteiger partial charge in [0.25, 0.3) is 5.95 Å². The van der Waals surface area contributed by atoms with Crippen molar-refractivity contribution in [3.05, 3.63) is 89.2 Å². The fraction of sp³-hybridized carbons (Fsp3) is 0.300. The van der Waals surface area contributed by atoms with Crippen molar-refractivity contribution in [2.45, 2.75) is 39.5 Å². The van der Waals surface area contributed by atoms with Crippen molar-refractivity contribution in [1.29, 1.82) is 0 Å². The summed E-state index contributed by atoms with van der Waals surface area (Å²) in [5.41, 5.74) is 11.1. The number of rotatable bonds is 8. The van der Waals surface area contributed by atoms with E-state index in [2.05, 4.69) is 41.4 Å². The van der Waals surface area contributed by atoms with E-state index in [4.69, 9.17) is 20.6 Å². The summed E-state index contributed by atoms with van der Waals surface area (Å²) in [7, 11) is 0. The molecular weight excluding hydrogens is 490 g/mol. The maximum atomic E-state index is 12.1. The summed E-state index contributed by atoms with van der Waals surface area (Å²) >= 11 is 0. The molecule has 200 valence electrons. The molecule has 0 saturated carbocycles. The molecule has 1 amide bonds. The Morgan fingerprint density at radius 2 is 1.95 bits per heavy atom. The van der Waals surface area contributed by atoms with E-state index in [9.17, 15) is 4.79 Å². The van der Waals surface area contributed by atoms with Crippen molar-refractivity contribution in [3.63, 3.8) is 0 Å². The first-order valence-electron chi connectivity index (χ1n) is 13.4. The van der Waals surface area contributed by atoms with E-state index < -0.39 is 5.91 Å². The van der Waals surface area contributed by atoms with Gasteiger partial charge < -0.3 is 15.8 Å². The molecule has 6 rings (SSSR count). The molecule has 1 atom stereocenters. The van der Waals surface area contributed by atoms with Crippen LogP contribution in [-0.2, 0) is 17.8 Å². The zero-order valence-corrected chi connectivity index (χ0v) is 22.3. The number of benzene rings is 2. The molecule has 3 aromatic heterocycles. The summed E-state index contributed by atoms with van der Waals surface area (Å²) in [5, 5.41) is 9.37. The number of hydrogen-bond acceptors (Lipinski definition) is 6. The van der Waals surface area contributed by atoms with E-state index in [-0.39, 0.29) is 6.10 Å². The number of anilines is 1. The quantitative estimate of drug-likeness (QED) is 0.314. The van der Waals surface area contributed by atoms with E-state index in [1.807, 2.05) is 52.4 Å². The summed E-state index contributed by atoms with van der Waals surface area (Å²) in [4.78, 5) is 19.5. The van der Waals surface area contributed by atoms with Crippen LogP contribution in [0.3, 0.4) is 0 Å². The van der Waals surface area contributed by atoms with Crippen LogP contribution in [0.4, 0.5) is 5.82 Å². The summed E-state index contributed by atoms with van der Waals surface area (Å²) in [6, 6.07) is 22.0. The van der Waals surface area contributed by atoms with E-state index in [0.717, 1.165) is 71.9 Å². The lowest BCUT2D eigenvalue weighted by atomic mass is 10.1. The molecule has 9 heteroatoms. The highest BCUT2D eigenvalue weighted by atomic mass is 16.5. The Hall–Kier alpha value is -4.21. The minimum atomic E-state index is -0.456. The zero-order valence-electron chi connectivity index (χ0n) is 22.3. The van der Waals surface area contributed by atoms with Gasteiger partial charge in [0, 0.05) is 42.8 Å². The van der Waals surface area contributed by atoms with Gasteiger partial charge in [0.2, 0.25) is 5.91 Å². The Morgan fingerprint density at radius 3 is 2.74 bits per heavy atom. The Morgan fingerprint density at radius 1 is 1.10 bits per heavy atom. The van der Waals surface area contributed by atoms with E-state index in [1.54, 1.807) is 6.07 Å². The fourth-order valence-electron chi connectivity index (χ4n) is 5.41. The van der Waals surface area contributed by atoms with Gasteiger partial charge in [-0.1, -0.05) is 43.3 Å². The van der Waals surface area contributed by atoms with Crippen molar-refractivity contribution in [3.8, 4) is 5.95 Å². The van der Waals surface area contributed by atoms with Gasteiger partial charge in [-0.15, -0.1) is 5.10 Å².